The summed E-state index contributed by atoms with van der Waals surface area (Å²) < 4.78 is 4.79. The normalized spacial score (nSPS) is 14.1. The van der Waals surface area contributed by atoms with Crippen molar-refractivity contribution < 1.29 is 14.3 Å². The highest BCUT2D eigenvalue weighted by molar-refractivity contribution is 5.74. The Bertz CT molecular complexity index is 436. The quantitative estimate of drug-likeness (QED) is 0.830. The second-order valence-corrected chi connectivity index (χ2v) is 4.20. The zero-order valence-corrected chi connectivity index (χ0v) is 10.6. The van der Waals surface area contributed by atoms with Gasteiger partial charge >= 0.3 is 12.1 Å². The predicted octanol–water partition coefficient (Wildman–Crippen LogP) is 0.938. The van der Waals surface area contributed by atoms with Crippen LogP contribution >= 0.6 is 0 Å². The number of hydrogen-bond acceptors (Lipinski definition) is 3. The van der Waals surface area contributed by atoms with Gasteiger partial charge in [0.05, 0.1) is 6.54 Å². The number of cyclic esters (lactones) is 1. The van der Waals surface area contributed by atoms with Crippen LogP contribution in [0.4, 0.5) is 9.59 Å². The van der Waals surface area contributed by atoms with Crippen molar-refractivity contribution in [2.75, 3.05) is 26.2 Å². The molecular weight excluding hydrogens is 246 g/mol. The molecule has 0 spiro atoms. The first kappa shape index (κ1) is 13.2. The number of amides is 3. The maximum absolute atomic E-state index is 11.5. The molecule has 0 unspecified atom stereocenters. The lowest BCUT2D eigenvalue weighted by molar-refractivity contribution is 0.158. The second-order valence-electron chi connectivity index (χ2n) is 4.20. The van der Waals surface area contributed by atoms with E-state index in [2.05, 4.69) is 10.6 Å². The number of carbonyl (C=O) groups excluding carboxylic acids is 2. The van der Waals surface area contributed by atoms with Crippen molar-refractivity contribution in [1.82, 2.24) is 15.5 Å². The van der Waals surface area contributed by atoms with E-state index in [4.69, 9.17) is 4.74 Å². The van der Waals surface area contributed by atoms with E-state index >= 15 is 0 Å². The van der Waals surface area contributed by atoms with Crippen molar-refractivity contribution in [2.24, 2.45) is 0 Å². The molecule has 2 N–H and O–H groups in total. The summed E-state index contributed by atoms with van der Waals surface area (Å²) in [5.74, 6) is 0. The van der Waals surface area contributed by atoms with Gasteiger partial charge in [-0.1, -0.05) is 30.3 Å². The van der Waals surface area contributed by atoms with E-state index in [0.29, 0.717) is 32.8 Å². The van der Waals surface area contributed by atoms with E-state index in [0.717, 1.165) is 5.56 Å². The van der Waals surface area contributed by atoms with Gasteiger partial charge < -0.3 is 20.3 Å². The average Bonchev–Trinajstić information content (AvgIpc) is 2.83. The predicted molar refractivity (Wildman–Crippen MR) is 69.6 cm³/mol. The minimum atomic E-state index is -0.313. The summed E-state index contributed by atoms with van der Waals surface area (Å²) in [5.41, 5.74) is 1.04. The van der Waals surface area contributed by atoms with Gasteiger partial charge in [0.1, 0.15) is 6.61 Å². The minimum absolute atomic E-state index is 0.239. The van der Waals surface area contributed by atoms with Crippen molar-refractivity contribution in [1.29, 1.82) is 0 Å². The van der Waals surface area contributed by atoms with E-state index in [1.165, 1.54) is 0 Å². The van der Waals surface area contributed by atoms with Gasteiger partial charge in [-0.05, 0) is 5.56 Å². The number of rotatable bonds is 5. The Kier molecular flexibility index (Phi) is 4.60. The van der Waals surface area contributed by atoms with Crippen LogP contribution in [-0.4, -0.2) is 43.3 Å². The van der Waals surface area contributed by atoms with Crippen LogP contribution < -0.4 is 10.6 Å². The van der Waals surface area contributed by atoms with Gasteiger partial charge in [0, 0.05) is 19.6 Å². The number of hydrogen-bond donors (Lipinski definition) is 2. The summed E-state index contributed by atoms with van der Waals surface area (Å²) >= 11 is 0. The molecule has 6 nitrogen and oxygen atoms in total. The van der Waals surface area contributed by atoms with Crippen molar-refractivity contribution in [3.63, 3.8) is 0 Å². The second kappa shape index (κ2) is 6.63. The monoisotopic (exact) mass is 263 g/mol. The molecule has 0 aliphatic carbocycles. The van der Waals surface area contributed by atoms with Gasteiger partial charge in [-0.25, -0.2) is 9.59 Å². The summed E-state index contributed by atoms with van der Waals surface area (Å²) in [6.45, 7) is 2.39. The van der Waals surface area contributed by atoms with Gasteiger partial charge in [0.25, 0.3) is 0 Å². The first-order valence-electron chi connectivity index (χ1n) is 6.23. The van der Waals surface area contributed by atoms with Gasteiger partial charge in [-0.3, -0.25) is 0 Å². The molecule has 1 aromatic rings. The topological polar surface area (TPSA) is 70.7 Å². The third kappa shape index (κ3) is 4.17. The van der Waals surface area contributed by atoms with Crippen LogP contribution in [0.1, 0.15) is 5.56 Å². The molecule has 0 atom stereocenters. The molecule has 0 aromatic heterocycles. The highest BCUT2D eigenvalue weighted by atomic mass is 16.6. The summed E-state index contributed by atoms with van der Waals surface area (Å²) in [6.07, 6.45) is -0.313. The van der Waals surface area contributed by atoms with E-state index < -0.39 is 0 Å². The summed E-state index contributed by atoms with van der Waals surface area (Å²) in [6, 6.07) is 9.43. The third-order valence-corrected chi connectivity index (χ3v) is 2.81. The van der Waals surface area contributed by atoms with E-state index in [1.54, 1.807) is 4.90 Å². The largest absolute Gasteiger partial charge is 0.448 e. The van der Waals surface area contributed by atoms with E-state index in [9.17, 15) is 9.59 Å². The van der Waals surface area contributed by atoms with Crippen molar-refractivity contribution in [2.45, 2.75) is 6.54 Å². The number of nitrogens with one attached hydrogen (secondary N) is 2. The van der Waals surface area contributed by atoms with Crippen molar-refractivity contribution >= 4 is 12.1 Å². The van der Waals surface area contributed by atoms with Crippen LogP contribution in [0.2, 0.25) is 0 Å². The SMILES string of the molecule is O=C(NCCN1CCOC1=O)NCc1ccccc1. The fourth-order valence-electron chi connectivity index (χ4n) is 1.77. The number of urea groups is 1. The molecule has 1 fully saturated rings. The van der Waals surface area contributed by atoms with Crippen LogP contribution in [0, 0.1) is 0 Å². The lowest BCUT2D eigenvalue weighted by atomic mass is 10.2. The first-order valence-corrected chi connectivity index (χ1v) is 6.23. The Labute approximate surface area is 111 Å². The zero-order valence-electron chi connectivity index (χ0n) is 10.6. The van der Waals surface area contributed by atoms with Crippen LogP contribution in [0.25, 0.3) is 0 Å². The Hall–Kier alpha value is -2.24. The Morgan fingerprint density at radius 3 is 2.74 bits per heavy atom. The molecule has 0 bridgehead atoms. The highest BCUT2D eigenvalue weighted by Gasteiger charge is 2.20. The van der Waals surface area contributed by atoms with Crippen LogP contribution in [0.15, 0.2) is 30.3 Å². The van der Waals surface area contributed by atoms with Crippen LogP contribution in [0.5, 0.6) is 0 Å². The van der Waals surface area contributed by atoms with Crippen LogP contribution in [0.3, 0.4) is 0 Å². The smallest absolute Gasteiger partial charge is 0.409 e. The molecule has 1 heterocycles. The first-order chi connectivity index (χ1) is 9.25. The number of benzene rings is 1. The molecule has 0 saturated carbocycles. The molecule has 1 saturated heterocycles. The standard InChI is InChI=1S/C13H17N3O3/c17-12(15-10-11-4-2-1-3-5-11)14-6-7-16-8-9-19-13(16)18/h1-5H,6-10H2,(H2,14,15,17). The fraction of sp³-hybridized carbons (Fsp3) is 0.385. The Balaban J connectivity index is 1.61. The molecule has 1 aliphatic rings. The van der Waals surface area contributed by atoms with Crippen LogP contribution in [-0.2, 0) is 11.3 Å². The van der Waals surface area contributed by atoms with Gasteiger partial charge in [-0.15, -0.1) is 0 Å². The lowest BCUT2D eigenvalue weighted by Crippen LogP contribution is -2.40. The highest BCUT2D eigenvalue weighted by Crippen LogP contribution is 2.01. The summed E-state index contributed by atoms with van der Waals surface area (Å²) in [4.78, 5) is 24.2. The van der Waals surface area contributed by atoms with Gasteiger partial charge in [0.2, 0.25) is 0 Å². The third-order valence-electron chi connectivity index (χ3n) is 2.81. The van der Waals surface area contributed by atoms with E-state index in [1.807, 2.05) is 30.3 Å². The van der Waals surface area contributed by atoms with Crippen molar-refractivity contribution in [3.05, 3.63) is 35.9 Å². The number of carbonyl (C=O) groups is 2. The van der Waals surface area contributed by atoms with Gasteiger partial charge in [-0.2, -0.15) is 0 Å². The lowest BCUT2D eigenvalue weighted by Gasteiger charge is -2.13. The molecular formula is C13H17N3O3. The minimum Gasteiger partial charge on any atom is -0.448 e. The Morgan fingerprint density at radius 1 is 1.26 bits per heavy atom. The molecule has 6 heteroatoms. The molecule has 1 aliphatic heterocycles. The number of ether oxygens (including phenoxy) is 1. The number of nitrogens with zero attached hydrogens (tertiary/aromatic N) is 1. The molecule has 0 radical (unpaired) electrons. The maximum atomic E-state index is 11.5. The Morgan fingerprint density at radius 2 is 2.05 bits per heavy atom. The molecule has 102 valence electrons. The molecule has 19 heavy (non-hydrogen) atoms. The molecule has 1 aromatic carbocycles. The maximum Gasteiger partial charge on any atom is 0.409 e. The van der Waals surface area contributed by atoms with Crippen molar-refractivity contribution in [3.8, 4) is 0 Å². The summed E-state index contributed by atoms with van der Waals surface area (Å²) in [5, 5.41) is 5.45. The van der Waals surface area contributed by atoms with E-state index in [-0.39, 0.29) is 12.1 Å². The molecule has 3 amide bonds. The average molecular weight is 263 g/mol. The fourth-order valence-corrected chi connectivity index (χ4v) is 1.77. The van der Waals surface area contributed by atoms with Gasteiger partial charge in [0.15, 0.2) is 0 Å². The summed E-state index contributed by atoms with van der Waals surface area (Å²) in [7, 11) is 0. The molecule has 2 rings (SSSR count). The zero-order chi connectivity index (χ0) is 13.5.